The Labute approximate surface area is 192 Å². The molecule has 32 heavy (non-hydrogen) atoms. The molecule has 1 unspecified atom stereocenters. The zero-order chi connectivity index (χ0) is 22.7. The Morgan fingerprint density at radius 2 is 1.91 bits per heavy atom. The van der Waals surface area contributed by atoms with E-state index >= 15 is 0 Å². The highest BCUT2D eigenvalue weighted by Crippen LogP contribution is 2.32. The van der Waals surface area contributed by atoms with E-state index < -0.39 is 0 Å². The van der Waals surface area contributed by atoms with Crippen LogP contribution in [-0.2, 0) is 0 Å². The highest BCUT2D eigenvalue weighted by molar-refractivity contribution is 6.33. The first-order valence-electron chi connectivity index (χ1n) is 10.4. The Morgan fingerprint density at radius 3 is 2.66 bits per heavy atom. The minimum atomic E-state index is -0.0547. The van der Waals surface area contributed by atoms with Crippen molar-refractivity contribution in [3.05, 3.63) is 71.0 Å². The van der Waals surface area contributed by atoms with Crippen LogP contribution < -0.4 is 14.4 Å². The van der Waals surface area contributed by atoms with Crippen LogP contribution in [0.4, 0.5) is 5.82 Å². The van der Waals surface area contributed by atoms with Gasteiger partial charge in [0.25, 0.3) is 5.91 Å². The Hall–Kier alpha value is -3.32. The number of carbonyl (C=O) groups excluding carboxylic acids is 1. The summed E-state index contributed by atoms with van der Waals surface area (Å²) in [5.74, 6) is 2.36. The summed E-state index contributed by atoms with van der Waals surface area (Å²) in [5, 5.41) is 0.469. The van der Waals surface area contributed by atoms with E-state index in [1.807, 2.05) is 49.1 Å². The van der Waals surface area contributed by atoms with Crippen LogP contribution in [0.1, 0.15) is 22.8 Å². The summed E-state index contributed by atoms with van der Waals surface area (Å²) < 4.78 is 11.4. The van der Waals surface area contributed by atoms with Gasteiger partial charge in [-0.25, -0.2) is 9.97 Å². The monoisotopic (exact) mass is 452 g/mol. The maximum atomic E-state index is 13.0. The molecule has 1 atom stereocenters. The standard InChI is InChI=1S/C24H25ClN4O3/c1-16-8-9-20(21(12-16)31-3)32-23-13-22(26-15-27-23)28-10-11-29(17(2)14-28)24(30)18-6-4-5-7-19(18)25/h4-9,12-13,15,17H,10-11,14H2,1-3H3. The molecule has 1 aliphatic rings. The SMILES string of the molecule is COc1cc(C)ccc1Oc1cc(N2CCN(C(=O)c3ccccc3Cl)C(C)C2)ncn1. The molecule has 3 aromatic rings. The van der Waals surface area contributed by atoms with Crippen molar-refractivity contribution >= 4 is 23.3 Å². The van der Waals surface area contributed by atoms with Gasteiger partial charge in [0.2, 0.25) is 5.88 Å². The number of piperazine rings is 1. The lowest BCUT2D eigenvalue weighted by atomic mass is 10.1. The Morgan fingerprint density at radius 1 is 1.09 bits per heavy atom. The molecule has 166 valence electrons. The first kappa shape index (κ1) is 21.9. The predicted octanol–water partition coefficient (Wildman–Crippen LogP) is 4.59. The number of benzene rings is 2. The molecule has 0 bridgehead atoms. The van der Waals surface area contributed by atoms with Crippen molar-refractivity contribution in [1.82, 2.24) is 14.9 Å². The van der Waals surface area contributed by atoms with Crippen molar-refractivity contribution in [1.29, 1.82) is 0 Å². The van der Waals surface area contributed by atoms with Gasteiger partial charge in [0.05, 0.1) is 17.7 Å². The van der Waals surface area contributed by atoms with E-state index in [4.69, 9.17) is 21.1 Å². The van der Waals surface area contributed by atoms with E-state index in [9.17, 15) is 4.79 Å². The van der Waals surface area contributed by atoms with Gasteiger partial charge in [-0.1, -0.05) is 29.8 Å². The maximum absolute atomic E-state index is 13.0. The second-order valence-electron chi connectivity index (χ2n) is 7.74. The van der Waals surface area contributed by atoms with Crippen molar-refractivity contribution in [2.45, 2.75) is 19.9 Å². The van der Waals surface area contributed by atoms with Crippen molar-refractivity contribution in [2.75, 3.05) is 31.6 Å². The minimum Gasteiger partial charge on any atom is -0.493 e. The first-order chi connectivity index (χ1) is 15.5. The molecule has 2 heterocycles. The molecule has 8 heteroatoms. The summed E-state index contributed by atoms with van der Waals surface area (Å²) in [4.78, 5) is 25.6. The first-order valence-corrected chi connectivity index (χ1v) is 10.8. The summed E-state index contributed by atoms with van der Waals surface area (Å²) in [5.41, 5.74) is 1.61. The number of nitrogens with zero attached hydrogens (tertiary/aromatic N) is 4. The number of ether oxygens (including phenoxy) is 2. The number of anilines is 1. The van der Waals surface area contributed by atoms with Crippen molar-refractivity contribution in [2.24, 2.45) is 0 Å². The molecule has 7 nitrogen and oxygen atoms in total. The smallest absolute Gasteiger partial charge is 0.255 e. The summed E-state index contributed by atoms with van der Waals surface area (Å²) in [7, 11) is 1.61. The van der Waals surface area contributed by atoms with E-state index in [-0.39, 0.29) is 11.9 Å². The average Bonchev–Trinajstić information content (AvgIpc) is 2.80. The third-order valence-electron chi connectivity index (χ3n) is 5.48. The number of rotatable bonds is 5. The van der Waals surface area contributed by atoms with Gasteiger partial charge in [-0.05, 0) is 43.7 Å². The fourth-order valence-electron chi connectivity index (χ4n) is 3.79. The van der Waals surface area contributed by atoms with Gasteiger partial charge in [-0.15, -0.1) is 0 Å². The molecule has 0 spiro atoms. The highest BCUT2D eigenvalue weighted by Gasteiger charge is 2.29. The molecule has 0 aliphatic carbocycles. The summed E-state index contributed by atoms with van der Waals surface area (Å²) >= 11 is 6.23. The summed E-state index contributed by atoms with van der Waals surface area (Å²) in [6.45, 7) is 5.87. The van der Waals surface area contributed by atoms with E-state index in [1.54, 1.807) is 25.3 Å². The van der Waals surface area contributed by atoms with Crippen molar-refractivity contribution in [3.8, 4) is 17.4 Å². The van der Waals surface area contributed by atoms with Crippen LogP contribution in [0.25, 0.3) is 0 Å². The van der Waals surface area contributed by atoms with Gasteiger partial charge in [-0.2, -0.15) is 0 Å². The van der Waals surface area contributed by atoms with E-state index in [0.717, 1.165) is 11.4 Å². The second kappa shape index (κ2) is 9.44. The van der Waals surface area contributed by atoms with E-state index in [0.29, 0.717) is 47.6 Å². The normalized spacial score (nSPS) is 16.1. The minimum absolute atomic E-state index is 0.0101. The molecule has 0 N–H and O–H groups in total. The number of carbonyl (C=O) groups is 1. The van der Waals surface area contributed by atoms with Crippen LogP contribution in [0.15, 0.2) is 54.9 Å². The van der Waals surface area contributed by atoms with Crippen LogP contribution in [0.2, 0.25) is 5.02 Å². The van der Waals surface area contributed by atoms with Crippen molar-refractivity contribution < 1.29 is 14.3 Å². The van der Waals surface area contributed by atoms with Crippen LogP contribution in [0.5, 0.6) is 17.4 Å². The van der Waals surface area contributed by atoms with Crippen LogP contribution in [0.3, 0.4) is 0 Å². The summed E-state index contributed by atoms with van der Waals surface area (Å²) in [6, 6.07) is 14.7. The Kier molecular flexibility index (Phi) is 6.46. The number of hydrogen-bond acceptors (Lipinski definition) is 6. The van der Waals surface area contributed by atoms with Crippen LogP contribution in [-0.4, -0.2) is 53.6 Å². The number of halogens is 1. The lowest BCUT2D eigenvalue weighted by Crippen LogP contribution is -2.54. The molecule has 4 rings (SSSR count). The van der Waals surface area contributed by atoms with E-state index in [1.165, 1.54) is 6.33 Å². The van der Waals surface area contributed by atoms with Gasteiger partial charge >= 0.3 is 0 Å². The molecular weight excluding hydrogens is 428 g/mol. The Balaban J connectivity index is 1.47. The largest absolute Gasteiger partial charge is 0.493 e. The number of amides is 1. The quantitative estimate of drug-likeness (QED) is 0.564. The molecule has 0 radical (unpaired) electrons. The fourth-order valence-corrected chi connectivity index (χ4v) is 4.00. The zero-order valence-corrected chi connectivity index (χ0v) is 19.0. The molecular formula is C24H25ClN4O3. The third kappa shape index (κ3) is 4.62. The summed E-state index contributed by atoms with van der Waals surface area (Å²) in [6.07, 6.45) is 1.48. The average molecular weight is 453 g/mol. The van der Waals surface area contributed by atoms with Gasteiger partial charge in [0, 0.05) is 31.7 Å². The molecule has 0 saturated carbocycles. The fraction of sp³-hybridized carbons (Fsp3) is 0.292. The predicted molar refractivity (Wildman–Crippen MR) is 124 cm³/mol. The lowest BCUT2D eigenvalue weighted by molar-refractivity contribution is 0.0674. The van der Waals surface area contributed by atoms with E-state index in [2.05, 4.69) is 14.9 Å². The number of hydrogen-bond donors (Lipinski definition) is 0. The lowest BCUT2D eigenvalue weighted by Gasteiger charge is -2.40. The third-order valence-corrected chi connectivity index (χ3v) is 5.81. The van der Waals surface area contributed by atoms with Gasteiger partial charge in [0.15, 0.2) is 11.5 Å². The van der Waals surface area contributed by atoms with Crippen molar-refractivity contribution in [3.63, 3.8) is 0 Å². The number of aryl methyl sites for hydroxylation is 1. The molecule has 1 aromatic heterocycles. The molecule has 1 amide bonds. The van der Waals surface area contributed by atoms with Gasteiger partial charge < -0.3 is 19.3 Å². The number of aromatic nitrogens is 2. The second-order valence-corrected chi connectivity index (χ2v) is 8.15. The molecule has 1 aliphatic heterocycles. The Bertz CT molecular complexity index is 1120. The van der Waals surface area contributed by atoms with Crippen LogP contribution in [0, 0.1) is 6.92 Å². The molecule has 2 aromatic carbocycles. The topological polar surface area (TPSA) is 67.8 Å². The van der Waals surface area contributed by atoms with Gasteiger partial charge in [0.1, 0.15) is 12.1 Å². The molecule has 1 fully saturated rings. The number of methoxy groups -OCH3 is 1. The zero-order valence-electron chi connectivity index (χ0n) is 18.3. The van der Waals surface area contributed by atoms with Gasteiger partial charge in [-0.3, -0.25) is 4.79 Å². The van der Waals surface area contributed by atoms with Crippen LogP contribution >= 0.6 is 11.6 Å². The highest BCUT2D eigenvalue weighted by atomic mass is 35.5. The maximum Gasteiger partial charge on any atom is 0.255 e. The molecule has 1 saturated heterocycles.